The molecule has 0 radical (unpaired) electrons. The highest BCUT2D eigenvalue weighted by atomic mass is 16.5. The smallest absolute Gasteiger partial charge is 0.270 e. The number of nitriles is 1. The van der Waals surface area contributed by atoms with Gasteiger partial charge in [0.15, 0.2) is 0 Å². The Labute approximate surface area is 198 Å². The van der Waals surface area contributed by atoms with Crippen LogP contribution < -0.4 is 15.4 Å². The van der Waals surface area contributed by atoms with Gasteiger partial charge in [-0.2, -0.15) is 5.26 Å². The zero-order valence-electron chi connectivity index (χ0n) is 19.6. The van der Waals surface area contributed by atoms with Crippen LogP contribution in [0.15, 0.2) is 24.3 Å². The third-order valence-corrected chi connectivity index (χ3v) is 6.81. The molecule has 2 aromatic rings. The summed E-state index contributed by atoms with van der Waals surface area (Å²) in [6.07, 6.45) is 4.43. The molecule has 1 saturated carbocycles. The number of piperidine rings is 1. The largest absolute Gasteiger partial charge is 0.496 e. The number of carbonyl (C=O) groups is 3. The van der Waals surface area contributed by atoms with E-state index in [0.29, 0.717) is 36.7 Å². The summed E-state index contributed by atoms with van der Waals surface area (Å²) in [5.74, 6) is 0.0151. The Bertz CT molecular complexity index is 1120. The van der Waals surface area contributed by atoms with Crippen LogP contribution in [0.2, 0.25) is 0 Å². The molecule has 1 aliphatic heterocycles. The number of carbonyl (C=O) groups excluding carboxylic acids is 3. The highest BCUT2D eigenvalue weighted by Gasteiger charge is 2.36. The number of rotatable bonds is 9. The van der Waals surface area contributed by atoms with Gasteiger partial charge >= 0.3 is 0 Å². The SMILES string of the molecule is COc1cccc2[nH]c(C(=O)N(C)C(CC3CC3)C(=O)NC(C#N)C[C@@H]3CCCNC3=O)cc12. The number of aromatic nitrogens is 1. The van der Waals surface area contributed by atoms with Crippen LogP contribution in [0.3, 0.4) is 0 Å². The molecular weight excluding hydrogens is 434 g/mol. The maximum absolute atomic E-state index is 13.3. The number of hydrogen-bond donors (Lipinski definition) is 3. The normalized spacial score (nSPS) is 19.6. The van der Waals surface area contributed by atoms with Gasteiger partial charge in [0, 0.05) is 30.4 Å². The summed E-state index contributed by atoms with van der Waals surface area (Å²) in [6, 6.07) is 7.89. The summed E-state index contributed by atoms with van der Waals surface area (Å²) in [7, 11) is 3.20. The van der Waals surface area contributed by atoms with Crippen molar-refractivity contribution >= 4 is 28.6 Å². The van der Waals surface area contributed by atoms with Gasteiger partial charge < -0.3 is 25.3 Å². The third kappa shape index (κ3) is 5.16. The fourth-order valence-corrected chi connectivity index (χ4v) is 4.62. The molecule has 1 aromatic heterocycles. The van der Waals surface area contributed by atoms with E-state index in [1.54, 1.807) is 20.2 Å². The molecule has 3 amide bonds. The van der Waals surface area contributed by atoms with Crippen molar-refractivity contribution in [3.8, 4) is 11.8 Å². The van der Waals surface area contributed by atoms with Crippen molar-refractivity contribution in [3.63, 3.8) is 0 Å². The van der Waals surface area contributed by atoms with E-state index >= 15 is 0 Å². The third-order valence-electron chi connectivity index (χ3n) is 6.81. The number of likely N-dealkylation sites (N-methyl/N-ethyl adjacent to an activating group) is 1. The number of hydrogen-bond acceptors (Lipinski definition) is 5. The van der Waals surface area contributed by atoms with Gasteiger partial charge in [0.2, 0.25) is 11.8 Å². The van der Waals surface area contributed by atoms with E-state index in [1.165, 1.54) is 4.90 Å². The molecule has 1 aliphatic carbocycles. The molecule has 0 spiro atoms. The van der Waals surface area contributed by atoms with E-state index in [4.69, 9.17) is 4.74 Å². The minimum absolute atomic E-state index is 0.0724. The first-order valence-electron chi connectivity index (χ1n) is 11.8. The lowest BCUT2D eigenvalue weighted by Crippen LogP contribution is -2.51. The van der Waals surface area contributed by atoms with Crippen LogP contribution in [0.1, 0.15) is 49.0 Å². The van der Waals surface area contributed by atoms with Crippen LogP contribution in [-0.4, -0.2) is 60.4 Å². The number of nitrogens with zero attached hydrogens (tertiary/aromatic N) is 2. The Kier molecular flexibility index (Phi) is 7.06. The zero-order valence-corrected chi connectivity index (χ0v) is 19.6. The number of benzene rings is 1. The van der Waals surface area contributed by atoms with Crippen LogP contribution in [0.25, 0.3) is 10.9 Å². The average Bonchev–Trinajstić information content (AvgIpc) is 3.56. The van der Waals surface area contributed by atoms with Crippen LogP contribution in [0, 0.1) is 23.2 Å². The van der Waals surface area contributed by atoms with Crippen LogP contribution in [0.5, 0.6) is 5.75 Å². The van der Waals surface area contributed by atoms with Gasteiger partial charge in [-0.25, -0.2) is 0 Å². The van der Waals surface area contributed by atoms with Crippen molar-refractivity contribution < 1.29 is 19.1 Å². The maximum atomic E-state index is 13.3. The van der Waals surface area contributed by atoms with Gasteiger partial charge in [-0.1, -0.05) is 18.9 Å². The highest BCUT2D eigenvalue weighted by molar-refractivity contribution is 6.01. The molecule has 9 nitrogen and oxygen atoms in total. The second-order valence-electron chi connectivity index (χ2n) is 9.27. The predicted octanol–water partition coefficient (Wildman–Crippen LogP) is 2.34. The number of nitrogens with one attached hydrogen (secondary N) is 3. The van der Waals surface area contributed by atoms with Crippen molar-refractivity contribution in [2.75, 3.05) is 20.7 Å². The van der Waals surface area contributed by atoms with Crippen molar-refractivity contribution in [3.05, 3.63) is 30.0 Å². The lowest BCUT2D eigenvalue weighted by molar-refractivity contribution is -0.129. The summed E-state index contributed by atoms with van der Waals surface area (Å²) in [5, 5.41) is 16.0. The molecular formula is C25H31N5O4. The van der Waals surface area contributed by atoms with Gasteiger partial charge in [-0.05, 0) is 49.8 Å². The minimum atomic E-state index is -0.788. The number of H-pyrrole nitrogens is 1. The number of aromatic amines is 1. The summed E-state index contributed by atoms with van der Waals surface area (Å²) in [6.45, 7) is 0.648. The fraction of sp³-hybridized carbons (Fsp3) is 0.520. The molecule has 2 unspecified atom stereocenters. The monoisotopic (exact) mass is 465 g/mol. The van der Waals surface area contributed by atoms with E-state index in [-0.39, 0.29) is 30.1 Å². The van der Waals surface area contributed by atoms with Gasteiger partial charge in [0.25, 0.3) is 5.91 Å². The van der Waals surface area contributed by atoms with Crippen molar-refractivity contribution in [2.24, 2.45) is 11.8 Å². The van der Waals surface area contributed by atoms with E-state index in [1.807, 2.05) is 18.2 Å². The minimum Gasteiger partial charge on any atom is -0.496 e. The van der Waals surface area contributed by atoms with Gasteiger partial charge in [0.05, 0.1) is 13.2 Å². The lowest BCUT2D eigenvalue weighted by atomic mass is 9.92. The van der Waals surface area contributed by atoms with E-state index in [0.717, 1.165) is 30.2 Å². The Hall–Kier alpha value is -3.54. The molecule has 3 atom stereocenters. The topological polar surface area (TPSA) is 127 Å². The quantitative estimate of drug-likeness (QED) is 0.524. The van der Waals surface area contributed by atoms with E-state index in [9.17, 15) is 19.6 Å². The number of ether oxygens (including phenoxy) is 1. The van der Waals surface area contributed by atoms with E-state index in [2.05, 4.69) is 21.7 Å². The molecule has 2 heterocycles. The molecule has 1 aromatic carbocycles. The van der Waals surface area contributed by atoms with Gasteiger partial charge in [0.1, 0.15) is 23.5 Å². The molecule has 0 bridgehead atoms. The van der Waals surface area contributed by atoms with Crippen LogP contribution >= 0.6 is 0 Å². The fourth-order valence-electron chi connectivity index (χ4n) is 4.62. The second-order valence-corrected chi connectivity index (χ2v) is 9.27. The summed E-state index contributed by atoms with van der Waals surface area (Å²) in [4.78, 5) is 43.3. The molecule has 4 rings (SSSR count). The molecule has 2 aliphatic rings. The van der Waals surface area contributed by atoms with Crippen LogP contribution in [0.4, 0.5) is 0 Å². The van der Waals surface area contributed by atoms with Crippen molar-refractivity contribution in [1.29, 1.82) is 5.26 Å². The lowest BCUT2D eigenvalue weighted by Gasteiger charge is -2.29. The number of amides is 3. The number of methoxy groups -OCH3 is 1. The molecule has 2 fully saturated rings. The summed E-state index contributed by atoms with van der Waals surface area (Å²) in [5.41, 5.74) is 1.14. The van der Waals surface area contributed by atoms with Gasteiger partial charge in [-0.15, -0.1) is 0 Å². The molecule has 34 heavy (non-hydrogen) atoms. The molecule has 3 N–H and O–H groups in total. The van der Waals surface area contributed by atoms with Gasteiger partial charge in [-0.3, -0.25) is 14.4 Å². The Balaban J connectivity index is 1.49. The maximum Gasteiger partial charge on any atom is 0.270 e. The predicted molar refractivity (Wildman–Crippen MR) is 126 cm³/mol. The molecule has 1 saturated heterocycles. The average molecular weight is 466 g/mol. The second kappa shape index (κ2) is 10.2. The first-order valence-corrected chi connectivity index (χ1v) is 11.8. The molecule has 180 valence electrons. The molecule has 9 heteroatoms. The first-order chi connectivity index (χ1) is 16.4. The van der Waals surface area contributed by atoms with Crippen molar-refractivity contribution in [1.82, 2.24) is 20.5 Å². The summed E-state index contributed by atoms with van der Waals surface area (Å²) >= 11 is 0. The van der Waals surface area contributed by atoms with E-state index < -0.39 is 12.1 Å². The Morgan fingerprint density at radius 3 is 2.76 bits per heavy atom. The first kappa shape index (κ1) is 23.6. The zero-order chi connectivity index (χ0) is 24.2. The van der Waals surface area contributed by atoms with Crippen molar-refractivity contribution in [2.45, 2.75) is 50.6 Å². The standard InChI is InChI=1S/C25H31N5O4/c1-30(25(33)20-13-18-19(29-20)6-3-7-22(18)34-2)21(11-15-8-9-15)24(32)28-17(14-26)12-16-5-4-10-27-23(16)31/h3,6-7,13,15-17,21,29H,4-5,8-12H2,1-2H3,(H,27,31)(H,28,32)/t16-,17?,21?/m0/s1. The highest BCUT2D eigenvalue weighted by Crippen LogP contribution is 2.35. The summed E-state index contributed by atoms with van der Waals surface area (Å²) < 4.78 is 5.39. The Morgan fingerprint density at radius 2 is 2.09 bits per heavy atom. The Morgan fingerprint density at radius 1 is 1.29 bits per heavy atom. The number of fused-ring (bicyclic) bond motifs is 1. The van der Waals surface area contributed by atoms with Crippen LogP contribution in [-0.2, 0) is 9.59 Å².